The molecular formula is C24H32N2O4. The number of morpholine rings is 1. The van der Waals surface area contributed by atoms with Crippen molar-refractivity contribution in [1.82, 2.24) is 10.2 Å². The van der Waals surface area contributed by atoms with Crippen molar-refractivity contribution in [2.75, 3.05) is 39.4 Å². The standard InChI is InChI=1S/C24H32N2O4/c1-19(2)15-26-12-13-28-23(16-26)14-25-24(27)18-30-22-10-8-21(9-11-22)29-17-20-6-4-3-5-7-20/h3-11,19,23H,12-18H2,1-2H3,(H,25,27)/t23-/m1/s1. The number of nitrogens with zero attached hydrogens (tertiary/aromatic N) is 1. The fourth-order valence-electron chi connectivity index (χ4n) is 3.39. The number of amides is 1. The van der Waals surface area contributed by atoms with Crippen LogP contribution in [0.2, 0.25) is 0 Å². The number of carbonyl (C=O) groups is 1. The molecule has 1 aliphatic heterocycles. The van der Waals surface area contributed by atoms with Crippen molar-refractivity contribution in [3.63, 3.8) is 0 Å². The van der Waals surface area contributed by atoms with Gasteiger partial charge in [0, 0.05) is 26.2 Å². The quantitative estimate of drug-likeness (QED) is 0.650. The zero-order chi connectivity index (χ0) is 21.2. The van der Waals surface area contributed by atoms with Gasteiger partial charge >= 0.3 is 0 Å². The van der Waals surface area contributed by atoms with Gasteiger partial charge < -0.3 is 19.5 Å². The number of benzene rings is 2. The Morgan fingerprint density at radius 1 is 1.10 bits per heavy atom. The lowest BCUT2D eigenvalue weighted by atomic mass is 10.2. The van der Waals surface area contributed by atoms with E-state index >= 15 is 0 Å². The van der Waals surface area contributed by atoms with Crippen molar-refractivity contribution in [2.45, 2.75) is 26.6 Å². The van der Waals surface area contributed by atoms with Crippen LogP contribution >= 0.6 is 0 Å². The van der Waals surface area contributed by atoms with E-state index in [4.69, 9.17) is 14.2 Å². The summed E-state index contributed by atoms with van der Waals surface area (Å²) < 4.78 is 17.1. The van der Waals surface area contributed by atoms with Gasteiger partial charge in [0.2, 0.25) is 0 Å². The van der Waals surface area contributed by atoms with E-state index in [1.54, 1.807) is 0 Å². The van der Waals surface area contributed by atoms with Crippen molar-refractivity contribution in [2.24, 2.45) is 5.92 Å². The topological polar surface area (TPSA) is 60.0 Å². The first-order chi connectivity index (χ1) is 14.6. The summed E-state index contributed by atoms with van der Waals surface area (Å²) in [5.74, 6) is 1.87. The smallest absolute Gasteiger partial charge is 0.258 e. The maximum atomic E-state index is 12.1. The maximum Gasteiger partial charge on any atom is 0.258 e. The van der Waals surface area contributed by atoms with Crippen LogP contribution in [0.15, 0.2) is 54.6 Å². The number of nitrogens with one attached hydrogen (secondary N) is 1. The van der Waals surface area contributed by atoms with Crippen LogP contribution in [0.5, 0.6) is 11.5 Å². The molecule has 6 nitrogen and oxygen atoms in total. The largest absolute Gasteiger partial charge is 0.489 e. The Kier molecular flexibility index (Phi) is 8.53. The van der Waals surface area contributed by atoms with Crippen LogP contribution in [0.1, 0.15) is 19.4 Å². The summed E-state index contributed by atoms with van der Waals surface area (Å²) in [4.78, 5) is 14.5. The van der Waals surface area contributed by atoms with Crippen molar-refractivity contribution in [1.29, 1.82) is 0 Å². The Balaban J connectivity index is 1.34. The molecule has 1 amide bonds. The second-order valence-electron chi connectivity index (χ2n) is 7.98. The second-order valence-corrected chi connectivity index (χ2v) is 7.98. The van der Waals surface area contributed by atoms with Gasteiger partial charge in [-0.1, -0.05) is 44.2 Å². The van der Waals surface area contributed by atoms with E-state index in [-0.39, 0.29) is 18.6 Å². The summed E-state index contributed by atoms with van der Waals surface area (Å²) in [6.07, 6.45) is 0.0301. The molecule has 0 bridgehead atoms. The average Bonchev–Trinajstić information content (AvgIpc) is 2.76. The van der Waals surface area contributed by atoms with E-state index in [1.165, 1.54) is 0 Å². The van der Waals surface area contributed by atoms with Gasteiger partial charge in [-0.05, 0) is 35.7 Å². The molecule has 0 aromatic heterocycles. The van der Waals surface area contributed by atoms with Gasteiger partial charge in [0.15, 0.2) is 6.61 Å². The SMILES string of the molecule is CC(C)CN1CCO[C@H](CNC(=O)COc2ccc(OCc3ccccc3)cc2)C1. The lowest BCUT2D eigenvalue weighted by Crippen LogP contribution is -2.48. The summed E-state index contributed by atoms with van der Waals surface area (Å²) >= 11 is 0. The van der Waals surface area contributed by atoms with E-state index in [1.807, 2.05) is 54.6 Å². The van der Waals surface area contributed by atoms with Crippen LogP contribution < -0.4 is 14.8 Å². The Morgan fingerprint density at radius 2 is 1.80 bits per heavy atom. The predicted octanol–water partition coefficient (Wildman–Crippen LogP) is 3.12. The molecule has 0 radical (unpaired) electrons. The zero-order valence-corrected chi connectivity index (χ0v) is 17.9. The van der Waals surface area contributed by atoms with Crippen LogP contribution in [-0.4, -0.2) is 56.3 Å². The first kappa shape index (κ1) is 22.1. The highest BCUT2D eigenvalue weighted by Crippen LogP contribution is 2.18. The van der Waals surface area contributed by atoms with Crippen LogP contribution in [0.3, 0.4) is 0 Å². The number of hydrogen-bond donors (Lipinski definition) is 1. The number of ether oxygens (including phenoxy) is 3. The second kappa shape index (κ2) is 11.6. The molecule has 0 aliphatic carbocycles. The molecule has 1 saturated heterocycles. The monoisotopic (exact) mass is 412 g/mol. The maximum absolute atomic E-state index is 12.1. The summed E-state index contributed by atoms with van der Waals surface area (Å²) in [6.45, 7) is 9.00. The molecule has 3 rings (SSSR count). The summed E-state index contributed by atoms with van der Waals surface area (Å²) in [5, 5.41) is 2.91. The number of carbonyl (C=O) groups excluding carboxylic acids is 1. The fraction of sp³-hybridized carbons (Fsp3) is 0.458. The van der Waals surface area contributed by atoms with Crippen LogP contribution in [0, 0.1) is 5.92 Å². The minimum absolute atomic E-state index is 0.0212. The first-order valence-electron chi connectivity index (χ1n) is 10.6. The van der Waals surface area contributed by atoms with Crippen molar-refractivity contribution >= 4 is 5.91 Å². The van der Waals surface area contributed by atoms with E-state index in [0.29, 0.717) is 31.4 Å². The normalized spacial score (nSPS) is 17.0. The molecule has 1 fully saturated rings. The minimum atomic E-state index is -0.149. The summed E-state index contributed by atoms with van der Waals surface area (Å²) in [5.41, 5.74) is 1.11. The van der Waals surface area contributed by atoms with Gasteiger partial charge in [-0.25, -0.2) is 0 Å². The highest BCUT2D eigenvalue weighted by Gasteiger charge is 2.21. The molecule has 1 heterocycles. The van der Waals surface area contributed by atoms with E-state index in [2.05, 4.69) is 24.1 Å². The van der Waals surface area contributed by atoms with Gasteiger partial charge in [0.25, 0.3) is 5.91 Å². The third-order valence-corrected chi connectivity index (χ3v) is 4.82. The van der Waals surface area contributed by atoms with Gasteiger partial charge in [0.05, 0.1) is 12.7 Å². The lowest BCUT2D eigenvalue weighted by Gasteiger charge is -2.33. The van der Waals surface area contributed by atoms with Crippen molar-refractivity contribution in [3.05, 3.63) is 60.2 Å². The molecule has 1 aliphatic rings. The van der Waals surface area contributed by atoms with E-state index < -0.39 is 0 Å². The van der Waals surface area contributed by atoms with Crippen LogP contribution in [0.4, 0.5) is 0 Å². The Morgan fingerprint density at radius 3 is 2.50 bits per heavy atom. The number of hydrogen-bond acceptors (Lipinski definition) is 5. The molecule has 0 spiro atoms. The van der Waals surface area contributed by atoms with Gasteiger partial charge in [0.1, 0.15) is 18.1 Å². The Hall–Kier alpha value is -2.57. The van der Waals surface area contributed by atoms with Crippen molar-refractivity contribution < 1.29 is 19.0 Å². The molecule has 162 valence electrons. The third kappa shape index (κ3) is 7.69. The number of rotatable bonds is 10. The third-order valence-electron chi connectivity index (χ3n) is 4.82. The molecule has 0 unspecified atom stereocenters. The summed E-state index contributed by atoms with van der Waals surface area (Å²) in [7, 11) is 0. The molecule has 2 aromatic rings. The van der Waals surface area contributed by atoms with Crippen LogP contribution in [-0.2, 0) is 16.1 Å². The van der Waals surface area contributed by atoms with Gasteiger partial charge in [-0.3, -0.25) is 9.69 Å². The molecular weight excluding hydrogens is 380 g/mol. The highest BCUT2D eigenvalue weighted by molar-refractivity contribution is 5.77. The highest BCUT2D eigenvalue weighted by atomic mass is 16.5. The minimum Gasteiger partial charge on any atom is -0.489 e. The Bertz CT molecular complexity index is 765. The molecule has 1 N–H and O–H groups in total. The molecule has 0 saturated carbocycles. The van der Waals surface area contributed by atoms with Crippen molar-refractivity contribution in [3.8, 4) is 11.5 Å². The molecule has 30 heavy (non-hydrogen) atoms. The van der Waals surface area contributed by atoms with E-state index in [9.17, 15) is 4.79 Å². The lowest BCUT2D eigenvalue weighted by molar-refractivity contribution is -0.124. The molecule has 6 heteroatoms. The zero-order valence-electron chi connectivity index (χ0n) is 17.9. The average molecular weight is 413 g/mol. The van der Waals surface area contributed by atoms with Crippen LogP contribution in [0.25, 0.3) is 0 Å². The molecule has 1 atom stereocenters. The predicted molar refractivity (Wildman–Crippen MR) is 117 cm³/mol. The fourth-order valence-corrected chi connectivity index (χ4v) is 3.39. The Labute approximate surface area is 179 Å². The first-order valence-corrected chi connectivity index (χ1v) is 10.6. The van der Waals surface area contributed by atoms with E-state index in [0.717, 1.165) is 30.9 Å². The summed E-state index contributed by atoms with van der Waals surface area (Å²) in [6, 6.07) is 17.3. The molecule has 2 aromatic carbocycles. The van der Waals surface area contributed by atoms with Gasteiger partial charge in [-0.15, -0.1) is 0 Å². The van der Waals surface area contributed by atoms with Gasteiger partial charge in [-0.2, -0.15) is 0 Å².